The minimum Gasteiger partial charge on any atom is -0.497 e. The van der Waals surface area contributed by atoms with Gasteiger partial charge in [0.15, 0.2) is 0 Å². The van der Waals surface area contributed by atoms with E-state index in [4.69, 9.17) is 15.1 Å². The van der Waals surface area contributed by atoms with Crippen LogP contribution in [0, 0.1) is 11.3 Å². The maximum absolute atomic E-state index is 11.7. The van der Waals surface area contributed by atoms with Gasteiger partial charge in [-0.25, -0.2) is 0 Å². The standard InChI is InChI=1S/C15H19N3O3/c1-21-14-4-2-12(3-5-14)6-7-18-15(20)13(10-16)11-17-8-9-19/h2-5,11,17,19H,6-9H2,1H3,(H,18,20)/b13-11-. The quantitative estimate of drug-likeness (QED) is 0.364. The number of methoxy groups -OCH3 is 1. The van der Waals surface area contributed by atoms with Crippen molar-refractivity contribution in [3.05, 3.63) is 41.6 Å². The van der Waals surface area contributed by atoms with Gasteiger partial charge in [-0.05, 0) is 24.1 Å². The Morgan fingerprint density at radius 3 is 2.67 bits per heavy atom. The fraction of sp³-hybridized carbons (Fsp3) is 0.333. The molecule has 6 nitrogen and oxygen atoms in total. The van der Waals surface area contributed by atoms with Crippen LogP contribution in [0.5, 0.6) is 5.75 Å². The molecular weight excluding hydrogens is 270 g/mol. The Hall–Kier alpha value is -2.52. The summed E-state index contributed by atoms with van der Waals surface area (Å²) >= 11 is 0. The van der Waals surface area contributed by atoms with Gasteiger partial charge in [0.1, 0.15) is 17.4 Å². The Morgan fingerprint density at radius 2 is 2.10 bits per heavy atom. The van der Waals surface area contributed by atoms with Crippen molar-refractivity contribution in [2.75, 3.05) is 26.8 Å². The van der Waals surface area contributed by atoms with Crippen molar-refractivity contribution in [1.82, 2.24) is 10.6 Å². The maximum Gasteiger partial charge on any atom is 0.263 e. The number of rotatable bonds is 8. The molecule has 0 aliphatic carbocycles. The van der Waals surface area contributed by atoms with Crippen LogP contribution in [0.3, 0.4) is 0 Å². The van der Waals surface area contributed by atoms with Gasteiger partial charge in [-0.15, -0.1) is 0 Å². The van der Waals surface area contributed by atoms with Gasteiger partial charge in [-0.2, -0.15) is 5.26 Å². The van der Waals surface area contributed by atoms with Crippen LogP contribution in [-0.4, -0.2) is 37.8 Å². The highest BCUT2D eigenvalue weighted by Gasteiger charge is 2.07. The Labute approximate surface area is 124 Å². The summed E-state index contributed by atoms with van der Waals surface area (Å²) < 4.78 is 5.07. The molecule has 0 aliphatic heterocycles. The molecule has 1 aromatic rings. The zero-order chi connectivity index (χ0) is 15.5. The molecule has 1 rings (SSSR count). The van der Waals surface area contributed by atoms with E-state index in [0.717, 1.165) is 11.3 Å². The molecule has 0 saturated carbocycles. The van der Waals surface area contributed by atoms with Crippen LogP contribution in [0.1, 0.15) is 5.56 Å². The third kappa shape index (κ3) is 5.97. The molecule has 0 aliphatic rings. The molecule has 112 valence electrons. The fourth-order valence-corrected chi connectivity index (χ4v) is 1.60. The number of ether oxygens (including phenoxy) is 1. The van der Waals surface area contributed by atoms with E-state index in [0.29, 0.717) is 19.5 Å². The summed E-state index contributed by atoms with van der Waals surface area (Å²) in [6.07, 6.45) is 1.97. The lowest BCUT2D eigenvalue weighted by Crippen LogP contribution is -2.28. The third-order valence-corrected chi connectivity index (χ3v) is 2.73. The number of benzene rings is 1. The highest BCUT2D eigenvalue weighted by molar-refractivity contribution is 5.97. The minimum absolute atomic E-state index is 0.0156. The fourth-order valence-electron chi connectivity index (χ4n) is 1.60. The summed E-state index contributed by atoms with van der Waals surface area (Å²) in [5.74, 6) is 0.351. The zero-order valence-electron chi connectivity index (χ0n) is 11.9. The lowest BCUT2D eigenvalue weighted by atomic mass is 10.1. The molecule has 0 spiro atoms. The van der Waals surface area contributed by atoms with E-state index in [1.165, 1.54) is 6.20 Å². The van der Waals surface area contributed by atoms with Crippen molar-refractivity contribution in [2.24, 2.45) is 0 Å². The topological polar surface area (TPSA) is 94.4 Å². The second-order valence-corrected chi connectivity index (χ2v) is 4.20. The van der Waals surface area contributed by atoms with E-state index in [-0.39, 0.29) is 12.2 Å². The van der Waals surface area contributed by atoms with Gasteiger partial charge in [0.25, 0.3) is 5.91 Å². The molecule has 0 bridgehead atoms. The summed E-state index contributed by atoms with van der Waals surface area (Å²) in [5, 5.41) is 22.8. The van der Waals surface area contributed by atoms with E-state index < -0.39 is 5.91 Å². The monoisotopic (exact) mass is 289 g/mol. The molecule has 0 heterocycles. The normalized spacial score (nSPS) is 10.6. The molecule has 0 unspecified atom stereocenters. The SMILES string of the molecule is COc1ccc(CCNC(=O)/C(C#N)=C\NCCO)cc1. The van der Waals surface area contributed by atoms with E-state index in [1.807, 2.05) is 30.3 Å². The number of amides is 1. The molecule has 3 N–H and O–H groups in total. The summed E-state index contributed by atoms with van der Waals surface area (Å²) in [5.41, 5.74) is 1.05. The Bertz CT molecular complexity index is 518. The number of aliphatic hydroxyl groups is 1. The molecule has 0 aromatic heterocycles. The van der Waals surface area contributed by atoms with Crippen LogP contribution in [0.15, 0.2) is 36.0 Å². The summed E-state index contributed by atoms with van der Waals surface area (Å²) in [6.45, 7) is 0.669. The largest absolute Gasteiger partial charge is 0.497 e. The summed E-state index contributed by atoms with van der Waals surface area (Å²) in [4.78, 5) is 11.7. The van der Waals surface area contributed by atoms with Gasteiger partial charge in [0.2, 0.25) is 0 Å². The van der Waals surface area contributed by atoms with Gasteiger partial charge < -0.3 is 20.5 Å². The molecule has 0 radical (unpaired) electrons. The van der Waals surface area contributed by atoms with E-state index in [2.05, 4.69) is 10.6 Å². The zero-order valence-corrected chi connectivity index (χ0v) is 11.9. The van der Waals surface area contributed by atoms with Crippen molar-refractivity contribution in [3.63, 3.8) is 0 Å². The number of nitrogens with zero attached hydrogens (tertiary/aromatic N) is 1. The van der Waals surface area contributed by atoms with E-state index >= 15 is 0 Å². The van der Waals surface area contributed by atoms with Crippen LogP contribution in [0.2, 0.25) is 0 Å². The lowest BCUT2D eigenvalue weighted by molar-refractivity contribution is -0.117. The van der Waals surface area contributed by atoms with Crippen LogP contribution in [0.4, 0.5) is 0 Å². The summed E-state index contributed by atoms with van der Waals surface area (Å²) in [7, 11) is 1.61. The van der Waals surface area contributed by atoms with Crippen molar-refractivity contribution in [2.45, 2.75) is 6.42 Å². The van der Waals surface area contributed by atoms with Crippen LogP contribution >= 0.6 is 0 Å². The van der Waals surface area contributed by atoms with Crippen LogP contribution in [0.25, 0.3) is 0 Å². The van der Waals surface area contributed by atoms with Gasteiger partial charge in [0.05, 0.1) is 13.7 Å². The average molecular weight is 289 g/mol. The smallest absolute Gasteiger partial charge is 0.263 e. The van der Waals surface area contributed by atoms with Gasteiger partial charge >= 0.3 is 0 Å². The number of carbonyl (C=O) groups is 1. The van der Waals surface area contributed by atoms with E-state index in [1.54, 1.807) is 7.11 Å². The number of hydrogen-bond acceptors (Lipinski definition) is 5. The van der Waals surface area contributed by atoms with Crippen LogP contribution < -0.4 is 15.4 Å². The number of hydrogen-bond donors (Lipinski definition) is 3. The number of aliphatic hydroxyl groups excluding tert-OH is 1. The highest BCUT2D eigenvalue weighted by atomic mass is 16.5. The second kappa shape index (κ2) is 9.39. The summed E-state index contributed by atoms with van der Waals surface area (Å²) in [6, 6.07) is 9.38. The first-order chi connectivity index (χ1) is 10.2. The Morgan fingerprint density at radius 1 is 1.38 bits per heavy atom. The number of nitriles is 1. The lowest BCUT2D eigenvalue weighted by Gasteiger charge is -2.06. The first-order valence-electron chi connectivity index (χ1n) is 6.57. The first-order valence-corrected chi connectivity index (χ1v) is 6.57. The van der Waals surface area contributed by atoms with Crippen LogP contribution in [-0.2, 0) is 11.2 Å². The van der Waals surface area contributed by atoms with Crippen molar-refractivity contribution < 1.29 is 14.6 Å². The molecule has 1 amide bonds. The van der Waals surface area contributed by atoms with Gasteiger partial charge in [-0.1, -0.05) is 12.1 Å². The van der Waals surface area contributed by atoms with Gasteiger partial charge in [-0.3, -0.25) is 4.79 Å². The molecule has 21 heavy (non-hydrogen) atoms. The third-order valence-electron chi connectivity index (χ3n) is 2.73. The maximum atomic E-state index is 11.7. The molecular formula is C15H19N3O3. The van der Waals surface area contributed by atoms with Crippen molar-refractivity contribution >= 4 is 5.91 Å². The Balaban J connectivity index is 2.41. The predicted molar refractivity (Wildman–Crippen MR) is 78.5 cm³/mol. The Kier molecular flexibility index (Phi) is 7.40. The van der Waals surface area contributed by atoms with Gasteiger partial charge in [0, 0.05) is 19.3 Å². The van der Waals surface area contributed by atoms with Crippen molar-refractivity contribution in [1.29, 1.82) is 5.26 Å². The second-order valence-electron chi connectivity index (χ2n) is 4.20. The predicted octanol–water partition coefficient (Wildman–Crippen LogP) is 0.343. The molecule has 6 heteroatoms. The van der Waals surface area contributed by atoms with Crippen molar-refractivity contribution in [3.8, 4) is 11.8 Å². The average Bonchev–Trinajstić information content (AvgIpc) is 2.52. The first kappa shape index (κ1) is 16.5. The number of carbonyl (C=O) groups excluding carboxylic acids is 1. The minimum atomic E-state index is -0.434. The molecule has 0 fully saturated rings. The molecule has 0 saturated heterocycles. The molecule has 1 aromatic carbocycles. The van der Waals surface area contributed by atoms with E-state index in [9.17, 15) is 4.79 Å². The number of nitrogens with one attached hydrogen (secondary N) is 2. The molecule has 0 atom stereocenters. The highest BCUT2D eigenvalue weighted by Crippen LogP contribution is 2.11.